The van der Waals surface area contributed by atoms with Crippen molar-refractivity contribution in [2.45, 2.75) is 11.2 Å². The number of halogens is 1. The van der Waals surface area contributed by atoms with Gasteiger partial charge in [-0.25, -0.2) is 15.0 Å². The van der Waals surface area contributed by atoms with Crippen LogP contribution in [-0.4, -0.2) is 19.8 Å². The second-order valence-electron chi connectivity index (χ2n) is 7.41. The normalized spacial score (nSPS) is 15.5. The summed E-state index contributed by atoms with van der Waals surface area (Å²) in [6, 6.07) is 28.8. The minimum absolute atomic E-state index is 0.290. The summed E-state index contributed by atoms with van der Waals surface area (Å²) in [5.74, 6) is 2.10. The average Bonchev–Trinajstić information content (AvgIpc) is 2.85. The molecule has 1 unspecified atom stereocenters. The minimum atomic E-state index is 0.290. The van der Waals surface area contributed by atoms with E-state index in [0.717, 1.165) is 28.9 Å². The maximum absolute atomic E-state index is 4.84. The highest BCUT2D eigenvalue weighted by Crippen LogP contribution is 2.29. The number of aromatic nitrogens is 3. The van der Waals surface area contributed by atoms with Crippen LogP contribution in [0.15, 0.2) is 103 Å². The molecule has 0 saturated heterocycles. The van der Waals surface area contributed by atoms with Crippen molar-refractivity contribution in [1.82, 2.24) is 15.0 Å². The number of hydrogen-bond acceptors (Lipinski definition) is 3. The molecule has 3 aromatic carbocycles. The molecular formula is C27H20BrN3. The highest BCUT2D eigenvalue weighted by Gasteiger charge is 2.16. The predicted octanol–water partition coefficient (Wildman–Crippen LogP) is 6.98. The van der Waals surface area contributed by atoms with Gasteiger partial charge < -0.3 is 0 Å². The Labute approximate surface area is 190 Å². The predicted molar refractivity (Wildman–Crippen MR) is 131 cm³/mol. The summed E-state index contributed by atoms with van der Waals surface area (Å²) in [6.07, 6.45) is 7.12. The van der Waals surface area contributed by atoms with Crippen LogP contribution in [0.3, 0.4) is 0 Å². The number of benzene rings is 3. The first-order valence-corrected chi connectivity index (χ1v) is 11.2. The van der Waals surface area contributed by atoms with Gasteiger partial charge in [-0.05, 0) is 23.1 Å². The van der Waals surface area contributed by atoms with Gasteiger partial charge in [0.2, 0.25) is 0 Å². The molecule has 1 atom stereocenters. The molecule has 3 nitrogen and oxygen atoms in total. The zero-order valence-electron chi connectivity index (χ0n) is 16.8. The van der Waals surface area contributed by atoms with E-state index in [4.69, 9.17) is 15.0 Å². The van der Waals surface area contributed by atoms with E-state index in [9.17, 15) is 0 Å². The maximum atomic E-state index is 4.84. The van der Waals surface area contributed by atoms with E-state index in [0.29, 0.717) is 11.6 Å². The van der Waals surface area contributed by atoms with Crippen molar-refractivity contribution in [2.75, 3.05) is 0 Å². The van der Waals surface area contributed by atoms with Gasteiger partial charge in [-0.1, -0.05) is 119 Å². The highest BCUT2D eigenvalue weighted by atomic mass is 79.9. The van der Waals surface area contributed by atoms with Crippen molar-refractivity contribution in [3.05, 3.63) is 109 Å². The molecule has 1 aromatic heterocycles. The van der Waals surface area contributed by atoms with Crippen molar-refractivity contribution in [3.8, 4) is 33.9 Å². The summed E-state index contributed by atoms with van der Waals surface area (Å²) in [5.41, 5.74) is 5.42. The lowest BCUT2D eigenvalue weighted by atomic mass is 10.0. The molecule has 0 spiro atoms. The fraction of sp³-hybridized carbons (Fsp3) is 0.0741. The van der Waals surface area contributed by atoms with Gasteiger partial charge >= 0.3 is 0 Å². The van der Waals surface area contributed by atoms with Gasteiger partial charge in [0.1, 0.15) is 0 Å². The second kappa shape index (κ2) is 8.78. The van der Waals surface area contributed by atoms with Crippen molar-refractivity contribution >= 4 is 21.5 Å². The van der Waals surface area contributed by atoms with Crippen molar-refractivity contribution < 1.29 is 0 Å². The first-order valence-electron chi connectivity index (χ1n) is 10.3. The van der Waals surface area contributed by atoms with E-state index in [-0.39, 0.29) is 4.83 Å². The Morgan fingerprint density at radius 1 is 0.581 bits per heavy atom. The molecule has 0 bridgehead atoms. The molecular weight excluding hydrogens is 446 g/mol. The van der Waals surface area contributed by atoms with Crippen molar-refractivity contribution in [3.63, 3.8) is 0 Å². The molecule has 4 heteroatoms. The van der Waals surface area contributed by atoms with Gasteiger partial charge in [0.15, 0.2) is 17.5 Å². The molecule has 31 heavy (non-hydrogen) atoms. The largest absolute Gasteiger partial charge is 0.209 e. The zero-order chi connectivity index (χ0) is 21.0. The van der Waals surface area contributed by atoms with Crippen LogP contribution >= 0.6 is 15.9 Å². The summed E-state index contributed by atoms with van der Waals surface area (Å²) in [5, 5.41) is 0. The summed E-state index contributed by atoms with van der Waals surface area (Å²) in [7, 11) is 0. The highest BCUT2D eigenvalue weighted by molar-refractivity contribution is 9.09. The van der Waals surface area contributed by atoms with Crippen LogP contribution in [0.4, 0.5) is 0 Å². The Morgan fingerprint density at radius 3 is 1.68 bits per heavy atom. The molecule has 150 valence electrons. The SMILES string of the molecule is BrC1C=CC=C(c2nc(-c3ccccc3)nc(-c3ccc(-c4ccccc4)cc3)n2)C1. The third-order valence-electron chi connectivity index (χ3n) is 5.24. The Kier molecular flexibility index (Phi) is 5.55. The monoisotopic (exact) mass is 465 g/mol. The number of alkyl halides is 1. The Balaban J connectivity index is 1.58. The topological polar surface area (TPSA) is 38.7 Å². The second-order valence-corrected chi connectivity index (χ2v) is 8.59. The first kappa shape index (κ1) is 19.6. The summed E-state index contributed by atoms with van der Waals surface area (Å²) in [4.78, 5) is 14.8. The van der Waals surface area contributed by atoms with Gasteiger partial charge in [-0.15, -0.1) is 0 Å². The molecule has 1 aliphatic carbocycles. The maximum Gasteiger partial charge on any atom is 0.164 e. The van der Waals surface area contributed by atoms with Gasteiger partial charge in [-0.3, -0.25) is 0 Å². The molecule has 0 saturated carbocycles. The van der Waals surface area contributed by atoms with Crippen LogP contribution in [-0.2, 0) is 0 Å². The van der Waals surface area contributed by atoms with E-state index in [1.807, 2.05) is 36.4 Å². The first-order chi connectivity index (χ1) is 15.3. The molecule has 0 aliphatic heterocycles. The number of hydrogen-bond donors (Lipinski definition) is 0. The van der Waals surface area contributed by atoms with Gasteiger partial charge in [0.25, 0.3) is 0 Å². The van der Waals surface area contributed by atoms with Crippen LogP contribution in [0.25, 0.3) is 39.5 Å². The summed E-state index contributed by atoms with van der Waals surface area (Å²) >= 11 is 3.68. The molecule has 0 N–H and O–H groups in total. The fourth-order valence-electron chi connectivity index (χ4n) is 3.61. The van der Waals surface area contributed by atoms with Crippen molar-refractivity contribution in [2.24, 2.45) is 0 Å². The number of nitrogens with zero attached hydrogens (tertiary/aromatic N) is 3. The minimum Gasteiger partial charge on any atom is -0.209 e. The zero-order valence-corrected chi connectivity index (χ0v) is 18.4. The van der Waals surface area contributed by atoms with Crippen molar-refractivity contribution in [1.29, 1.82) is 0 Å². The third-order valence-corrected chi connectivity index (χ3v) is 5.87. The van der Waals surface area contributed by atoms with E-state index in [1.165, 1.54) is 11.1 Å². The van der Waals surface area contributed by atoms with E-state index < -0.39 is 0 Å². The average molecular weight is 466 g/mol. The lowest BCUT2D eigenvalue weighted by Crippen LogP contribution is -2.06. The fourth-order valence-corrected chi connectivity index (χ4v) is 4.14. The lowest BCUT2D eigenvalue weighted by Gasteiger charge is -2.14. The van der Waals surface area contributed by atoms with Crippen LogP contribution in [0.5, 0.6) is 0 Å². The summed E-state index contributed by atoms with van der Waals surface area (Å²) in [6.45, 7) is 0. The molecule has 1 heterocycles. The lowest BCUT2D eigenvalue weighted by molar-refractivity contribution is 0.991. The standard InChI is InChI=1S/C27H20BrN3/c28-24-13-7-12-23(18-24)27-30-25(21-10-5-2-6-11-21)29-26(31-27)22-16-14-20(15-17-22)19-8-3-1-4-9-19/h1-17,24H,18H2. The molecule has 0 radical (unpaired) electrons. The van der Waals surface area contributed by atoms with E-state index >= 15 is 0 Å². The van der Waals surface area contributed by atoms with Crippen LogP contribution in [0.2, 0.25) is 0 Å². The smallest absolute Gasteiger partial charge is 0.164 e. The van der Waals surface area contributed by atoms with E-state index in [2.05, 4.69) is 82.7 Å². The third kappa shape index (κ3) is 4.39. The Hall–Kier alpha value is -3.37. The molecule has 0 fully saturated rings. The Morgan fingerprint density at radius 2 is 1.06 bits per heavy atom. The molecule has 1 aliphatic rings. The molecule has 0 amide bonds. The quantitative estimate of drug-likeness (QED) is 0.305. The molecule has 5 rings (SSSR count). The summed E-state index contributed by atoms with van der Waals surface area (Å²) < 4.78 is 0. The number of allylic oxidation sites excluding steroid dienone is 4. The van der Waals surface area contributed by atoms with Crippen LogP contribution in [0, 0.1) is 0 Å². The van der Waals surface area contributed by atoms with Gasteiger partial charge in [0.05, 0.1) is 0 Å². The molecule has 4 aromatic rings. The van der Waals surface area contributed by atoms with Crippen LogP contribution in [0.1, 0.15) is 12.2 Å². The number of rotatable bonds is 4. The van der Waals surface area contributed by atoms with Gasteiger partial charge in [-0.2, -0.15) is 0 Å². The van der Waals surface area contributed by atoms with E-state index in [1.54, 1.807) is 0 Å². The Bertz CT molecular complexity index is 1250. The van der Waals surface area contributed by atoms with Crippen LogP contribution < -0.4 is 0 Å². The van der Waals surface area contributed by atoms with Gasteiger partial charge in [0, 0.05) is 16.0 Å².